The lowest BCUT2D eigenvalue weighted by Gasteiger charge is -2.25. The van der Waals surface area contributed by atoms with Gasteiger partial charge in [-0.15, -0.1) is 0 Å². The molecule has 192 valence electrons. The summed E-state index contributed by atoms with van der Waals surface area (Å²) in [5, 5.41) is 12.5. The molecule has 0 saturated carbocycles. The maximum Gasteiger partial charge on any atom is 0.506 e. The molecule has 11 heteroatoms. The normalized spacial score (nSPS) is 14.1. The largest absolute Gasteiger partial charge is 0.506 e. The molecule has 0 bridgehead atoms. The molecule has 0 fully saturated rings. The van der Waals surface area contributed by atoms with Crippen molar-refractivity contribution >= 4 is 41.2 Å². The Labute approximate surface area is 226 Å². The topological polar surface area (TPSA) is 120 Å². The third kappa shape index (κ3) is 5.80. The van der Waals surface area contributed by atoms with Gasteiger partial charge >= 0.3 is 6.16 Å². The van der Waals surface area contributed by atoms with Crippen LogP contribution in [-0.4, -0.2) is 33.7 Å². The number of hydrogen-bond donors (Lipinski definition) is 2. The molecule has 2 heterocycles. The highest BCUT2D eigenvalue weighted by Crippen LogP contribution is 2.42. The maximum absolute atomic E-state index is 12.7. The van der Waals surface area contributed by atoms with Crippen LogP contribution >= 0.6 is 23.2 Å². The maximum atomic E-state index is 12.7. The summed E-state index contributed by atoms with van der Waals surface area (Å²) >= 11 is 12.4. The third-order valence-electron chi connectivity index (χ3n) is 5.67. The lowest BCUT2D eigenvalue weighted by molar-refractivity contribution is 0.0326. The summed E-state index contributed by atoms with van der Waals surface area (Å²) in [5.74, 6) is 0.939. The molecule has 2 N–H and O–H groups in total. The van der Waals surface area contributed by atoms with E-state index < -0.39 is 18.2 Å². The molecular weight excluding hydrogens is 533 g/mol. The fraction of sp³-hybridized carbons (Fsp3) is 0.111. The van der Waals surface area contributed by atoms with Crippen LogP contribution in [0.15, 0.2) is 73.1 Å². The molecule has 1 aromatic heterocycles. The van der Waals surface area contributed by atoms with E-state index in [4.69, 9.17) is 42.5 Å². The highest BCUT2D eigenvalue weighted by Gasteiger charge is 2.27. The molecule has 1 aliphatic rings. The zero-order valence-electron chi connectivity index (χ0n) is 19.6. The summed E-state index contributed by atoms with van der Waals surface area (Å²) in [7, 11) is 0. The van der Waals surface area contributed by atoms with Gasteiger partial charge in [-0.2, -0.15) is 0 Å². The van der Waals surface area contributed by atoms with Crippen molar-refractivity contribution in [3.05, 3.63) is 94.2 Å². The van der Waals surface area contributed by atoms with Crippen LogP contribution in [0.5, 0.6) is 17.2 Å². The summed E-state index contributed by atoms with van der Waals surface area (Å²) in [6.07, 6.45) is 1.55. The van der Waals surface area contributed by atoms with Crippen molar-refractivity contribution in [2.45, 2.75) is 12.5 Å². The van der Waals surface area contributed by atoms with Gasteiger partial charge in [0.05, 0.1) is 11.6 Å². The van der Waals surface area contributed by atoms with Crippen LogP contribution in [0.25, 0.3) is 11.1 Å². The van der Waals surface area contributed by atoms with Gasteiger partial charge in [-0.05, 0) is 48.0 Å². The van der Waals surface area contributed by atoms with Crippen molar-refractivity contribution < 1.29 is 28.9 Å². The molecule has 1 atom stereocenters. The van der Waals surface area contributed by atoms with Crippen molar-refractivity contribution in [3.8, 4) is 28.4 Å². The summed E-state index contributed by atoms with van der Waals surface area (Å²) < 4.78 is 16.4. The zero-order chi connectivity index (χ0) is 26.6. The first kappa shape index (κ1) is 25.3. The standard InChI is InChI=1S/C27H19Cl2N3O6/c28-18-3-1-2-16(10-18)17-13-30-26(31-14-17)32-25(33)15-4-6-19(7-5-15)37-24-12-23-20(11-21(24)29)22(8-9-36-23)38-27(34)35/h1-7,10-14,22H,8-9H2,(H,34,35)(H,30,31,32,33). The Bertz CT molecular complexity index is 1500. The first-order valence-corrected chi connectivity index (χ1v) is 12.1. The summed E-state index contributed by atoms with van der Waals surface area (Å²) in [6, 6.07) is 16.9. The molecule has 4 aromatic rings. The second-order valence-corrected chi connectivity index (χ2v) is 9.06. The minimum absolute atomic E-state index is 0.159. The fourth-order valence-corrected chi connectivity index (χ4v) is 4.27. The Hall–Kier alpha value is -4.34. The van der Waals surface area contributed by atoms with Crippen molar-refractivity contribution in [2.75, 3.05) is 11.9 Å². The van der Waals surface area contributed by atoms with Crippen molar-refractivity contribution in [1.82, 2.24) is 9.97 Å². The van der Waals surface area contributed by atoms with Gasteiger partial charge in [0.2, 0.25) is 5.95 Å². The van der Waals surface area contributed by atoms with Crippen LogP contribution in [0, 0.1) is 0 Å². The first-order valence-electron chi connectivity index (χ1n) is 11.4. The highest BCUT2D eigenvalue weighted by molar-refractivity contribution is 6.32. The summed E-state index contributed by atoms with van der Waals surface area (Å²) in [4.78, 5) is 32.1. The SMILES string of the molecule is O=C(O)OC1CCOc2cc(Oc3ccc(C(=O)Nc4ncc(-c5cccc(Cl)c5)cn4)cc3)c(Cl)cc21. The Morgan fingerprint density at radius 1 is 1.00 bits per heavy atom. The molecule has 0 spiro atoms. The molecule has 9 nitrogen and oxygen atoms in total. The van der Waals surface area contributed by atoms with Gasteiger partial charge in [-0.25, -0.2) is 14.8 Å². The van der Waals surface area contributed by atoms with Gasteiger partial charge in [0.1, 0.15) is 23.4 Å². The van der Waals surface area contributed by atoms with E-state index in [0.717, 1.165) is 11.1 Å². The number of aromatic nitrogens is 2. The number of halogens is 2. The zero-order valence-corrected chi connectivity index (χ0v) is 21.1. The Morgan fingerprint density at radius 2 is 1.76 bits per heavy atom. The van der Waals surface area contributed by atoms with E-state index in [0.29, 0.717) is 46.4 Å². The van der Waals surface area contributed by atoms with Crippen LogP contribution < -0.4 is 14.8 Å². The van der Waals surface area contributed by atoms with E-state index in [1.54, 1.807) is 60.9 Å². The number of carboxylic acid groups (broad SMARTS) is 1. The fourth-order valence-electron chi connectivity index (χ4n) is 3.87. The number of nitrogens with zero attached hydrogens (tertiary/aromatic N) is 2. The number of carbonyl (C=O) groups excluding carboxylic acids is 1. The van der Waals surface area contributed by atoms with E-state index in [2.05, 4.69) is 15.3 Å². The molecule has 1 amide bonds. The van der Waals surface area contributed by atoms with E-state index in [1.807, 2.05) is 12.1 Å². The molecular formula is C27H19Cl2N3O6. The number of carbonyl (C=O) groups is 2. The van der Waals surface area contributed by atoms with Crippen LogP contribution in [0.4, 0.5) is 10.7 Å². The number of ether oxygens (including phenoxy) is 3. The first-order chi connectivity index (χ1) is 18.4. The molecule has 0 radical (unpaired) electrons. The number of fused-ring (bicyclic) bond motifs is 1. The van der Waals surface area contributed by atoms with Crippen LogP contribution in [0.3, 0.4) is 0 Å². The minimum atomic E-state index is -1.37. The van der Waals surface area contributed by atoms with Gasteiger partial charge < -0.3 is 19.3 Å². The van der Waals surface area contributed by atoms with Crippen molar-refractivity contribution in [2.24, 2.45) is 0 Å². The van der Waals surface area contributed by atoms with Crippen molar-refractivity contribution in [3.63, 3.8) is 0 Å². The second-order valence-electron chi connectivity index (χ2n) is 8.22. The molecule has 0 aliphatic carbocycles. The number of benzene rings is 3. The highest BCUT2D eigenvalue weighted by atomic mass is 35.5. The van der Waals surface area contributed by atoms with E-state index in [-0.39, 0.29) is 11.0 Å². The summed E-state index contributed by atoms with van der Waals surface area (Å²) in [6.45, 7) is 0.295. The van der Waals surface area contributed by atoms with Crippen molar-refractivity contribution in [1.29, 1.82) is 0 Å². The average Bonchev–Trinajstić information content (AvgIpc) is 2.90. The Morgan fingerprint density at radius 3 is 2.47 bits per heavy atom. The predicted molar refractivity (Wildman–Crippen MR) is 140 cm³/mol. The number of anilines is 1. The van der Waals surface area contributed by atoms with Gasteiger partial charge in [0.25, 0.3) is 5.91 Å². The van der Waals surface area contributed by atoms with E-state index in [1.165, 1.54) is 0 Å². The molecule has 1 unspecified atom stereocenters. The molecule has 3 aromatic carbocycles. The lowest BCUT2D eigenvalue weighted by Crippen LogP contribution is -2.18. The lowest BCUT2D eigenvalue weighted by atomic mass is 10.0. The van der Waals surface area contributed by atoms with Gasteiger partial charge in [0.15, 0.2) is 0 Å². The monoisotopic (exact) mass is 551 g/mol. The Balaban J connectivity index is 1.24. The Kier molecular flexibility index (Phi) is 7.30. The second kappa shape index (κ2) is 11.0. The van der Waals surface area contributed by atoms with Gasteiger partial charge in [-0.3, -0.25) is 10.1 Å². The average molecular weight is 552 g/mol. The molecule has 0 saturated heterocycles. The number of hydrogen-bond acceptors (Lipinski definition) is 7. The van der Waals surface area contributed by atoms with Crippen LogP contribution in [-0.2, 0) is 4.74 Å². The summed E-state index contributed by atoms with van der Waals surface area (Å²) in [5.41, 5.74) is 2.53. The minimum Gasteiger partial charge on any atom is -0.493 e. The smallest absolute Gasteiger partial charge is 0.493 e. The predicted octanol–water partition coefficient (Wildman–Crippen LogP) is 7.01. The molecule has 5 rings (SSSR count). The number of nitrogens with one attached hydrogen (secondary N) is 1. The molecule has 1 aliphatic heterocycles. The number of rotatable bonds is 6. The third-order valence-corrected chi connectivity index (χ3v) is 6.20. The van der Waals surface area contributed by atoms with Gasteiger partial charge in [0, 0.05) is 46.6 Å². The van der Waals surface area contributed by atoms with Gasteiger partial charge in [-0.1, -0.05) is 35.3 Å². The van der Waals surface area contributed by atoms with Crippen LogP contribution in [0.2, 0.25) is 10.0 Å². The quantitative estimate of drug-likeness (QED) is 0.245. The van der Waals surface area contributed by atoms with E-state index in [9.17, 15) is 9.59 Å². The van der Waals surface area contributed by atoms with E-state index >= 15 is 0 Å². The van der Waals surface area contributed by atoms with Crippen LogP contribution in [0.1, 0.15) is 28.4 Å². The molecule has 38 heavy (non-hydrogen) atoms. The number of amides is 1.